The summed E-state index contributed by atoms with van der Waals surface area (Å²) in [5.74, 6) is 0.726. The smallest absolute Gasteiger partial charge is 0.319 e. The Balaban J connectivity index is 2.18. The van der Waals surface area contributed by atoms with Gasteiger partial charge >= 0.3 is 6.03 Å². The number of ether oxygens (including phenoxy) is 2. The monoisotopic (exact) mass is 357 g/mol. The predicted molar refractivity (Wildman–Crippen MR) is 101 cm³/mol. The predicted octanol–water partition coefficient (Wildman–Crippen LogP) is 3.49. The Labute approximate surface area is 152 Å². The maximum Gasteiger partial charge on any atom is 0.319 e. The van der Waals surface area contributed by atoms with Gasteiger partial charge in [-0.15, -0.1) is 0 Å². The second kappa shape index (κ2) is 8.75. The fourth-order valence-electron chi connectivity index (χ4n) is 2.32. The lowest BCUT2D eigenvalue weighted by Gasteiger charge is -2.14. The van der Waals surface area contributed by atoms with Crippen LogP contribution in [0.25, 0.3) is 0 Å². The number of carbonyl (C=O) groups excluding carboxylic acids is 2. The van der Waals surface area contributed by atoms with Crippen molar-refractivity contribution in [3.8, 4) is 11.5 Å². The van der Waals surface area contributed by atoms with Gasteiger partial charge in [-0.2, -0.15) is 0 Å². The van der Waals surface area contributed by atoms with Gasteiger partial charge in [0.15, 0.2) is 11.5 Å². The van der Waals surface area contributed by atoms with E-state index in [2.05, 4.69) is 16.0 Å². The Morgan fingerprint density at radius 2 is 1.62 bits per heavy atom. The van der Waals surface area contributed by atoms with E-state index < -0.39 is 0 Å². The van der Waals surface area contributed by atoms with Gasteiger partial charge in [0.25, 0.3) is 5.91 Å². The zero-order valence-electron chi connectivity index (χ0n) is 15.3. The minimum atomic E-state index is -0.369. The molecule has 2 rings (SSSR count). The van der Waals surface area contributed by atoms with E-state index >= 15 is 0 Å². The van der Waals surface area contributed by atoms with Crippen molar-refractivity contribution < 1.29 is 19.1 Å². The SMILES string of the molecule is COc1ccc(NC(=O)c2ccccc2NC(=O)NC(C)C)cc1OC. The number of carbonyl (C=O) groups is 2. The van der Waals surface area contributed by atoms with Gasteiger partial charge in [0.1, 0.15) is 0 Å². The third kappa shape index (κ3) is 4.89. The molecule has 0 aliphatic heterocycles. The molecule has 0 aliphatic carbocycles. The van der Waals surface area contributed by atoms with Crippen molar-refractivity contribution in [1.29, 1.82) is 0 Å². The van der Waals surface area contributed by atoms with E-state index in [-0.39, 0.29) is 18.0 Å². The molecular formula is C19H23N3O4. The van der Waals surface area contributed by atoms with Crippen LogP contribution in [0.1, 0.15) is 24.2 Å². The van der Waals surface area contributed by atoms with E-state index in [0.29, 0.717) is 28.4 Å². The molecule has 0 unspecified atom stereocenters. The van der Waals surface area contributed by atoms with E-state index in [1.165, 1.54) is 7.11 Å². The van der Waals surface area contributed by atoms with Crippen molar-refractivity contribution in [3.05, 3.63) is 48.0 Å². The Morgan fingerprint density at radius 3 is 2.27 bits per heavy atom. The molecule has 0 radical (unpaired) electrons. The van der Waals surface area contributed by atoms with Gasteiger partial charge in [0, 0.05) is 17.8 Å². The van der Waals surface area contributed by atoms with Crippen molar-refractivity contribution in [1.82, 2.24) is 5.32 Å². The highest BCUT2D eigenvalue weighted by molar-refractivity contribution is 6.10. The van der Waals surface area contributed by atoms with Crippen molar-refractivity contribution in [2.45, 2.75) is 19.9 Å². The highest BCUT2D eigenvalue weighted by Crippen LogP contribution is 2.30. The van der Waals surface area contributed by atoms with Gasteiger partial charge in [-0.05, 0) is 38.1 Å². The number of hydrogen-bond donors (Lipinski definition) is 3. The van der Waals surface area contributed by atoms with Gasteiger partial charge in [-0.3, -0.25) is 4.79 Å². The minimum absolute atomic E-state index is 0.0113. The normalized spacial score (nSPS) is 10.2. The quantitative estimate of drug-likeness (QED) is 0.738. The third-order valence-electron chi connectivity index (χ3n) is 3.48. The van der Waals surface area contributed by atoms with E-state index in [9.17, 15) is 9.59 Å². The number of nitrogens with one attached hydrogen (secondary N) is 3. The van der Waals surface area contributed by atoms with Crippen LogP contribution in [0.2, 0.25) is 0 Å². The average molecular weight is 357 g/mol. The summed E-state index contributed by atoms with van der Waals surface area (Å²) in [5.41, 5.74) is 1.32. The van der Waals surface area contributed by atoms with Gasteiger partial charge in [0.2, 0.25) is 0 Å². The van der Waals surface area contributed by atoms with Crippen LogP contribution in [0.3, 0.4) is 0 Å². The first-order chi connectivity index (χ1) is 12.4. The van der Waals surface area contributed by atoms with E-state index in [0.717, 1.165) is 0 Å². The van der Waals surface area contributed by atoms with Crippen LogP contribution >= 0.6 is 0 Å². The molecule has 2 aromatic carbocycles. The minimum Gasteiger partial charge on any atom is -0.493 e. The number of rotatable bonds is 6. The first-order valence-electron chi connectivity index (χ1n) is 8.14. The van der Waals surface area contributed by atoms with Crippen molar-refractivity contribution in [3.63, 3.8) is 0 Å². The Kier molecular flexibility index (Phi) is 6.43. The molecule has 0 saturated heterocycles. The van der Waals surface area contributed by atoms with Crippen LogP contribution in [0.4, 0.5) is 16.2 Å². The molecule has 138 valence electrons. The molecule has 0 fully saturated rings. The van der Waals surface area contributed by atoms with Gasteiger partial charge in [0.05, 0.1) is 25.5 Å². The standard InChI is InChI=1S/C19H23N3O4/c1-12(2)20-19(24)22-15-8-6-5-7-14(15)18(23)21-13-9-10-16(25-3)17(11-13)26-4/h5-12H,1-4H3,(H,21,23)(H2,20,22,24). The molecule has 7 nitrogen and oxygen atoms in total. The second-order valence-corrected chi connectivity index (χ2v) is 5.82. The molecule has 0 heterocycles. The summed E-state index contributed by atoms with van der Waals surface area (Å²) in [6.07, 6.45) is 0. The number of para-hydroxylation sites is 1. The highest BCUT2D eigenvalue weighted by atomic mass is 16.5. The molecule has 0 saturated carbocycles. The number of benzene rings is 2. The molecule has 3 amide bonds. The fraction of sp³-hybridized carbons (Fsp3) is 0.263. The Bertz CT molecular complexity index is 790. The average Bonchev–Trinajstić information content (AvgIpc) is 2.61. The molecule has 0 aromatic heterocycles. The van der Waals surface area contributed by atoms with Crippen molar-refractivity contribution >= 4 is 23.3 Å². The number of anilines is 2. The molecule has 0 spiro atoms. The first kappa shape index (κ1) is 19.1. The fourth-order valence-corrected chi connectivity index (χ4v) is 2.32. The Morgan fingerprint density at radius 1 is 0.923 bits per heavy atom. The zero-order valence-corrected chi connectivity index (χ0v) is 15.3. The summed E-state index contributed by atoms with van der Waals surface area (Å²) >= 11 is 0. The number of urea groups is 1. The molecule has 0 bridgehead atoms. The highest BCUT2D eigenvalue weighted by Gasteiger charge is 2.14. The van der Waals surface area contributed by atoms with Gasteiger partial charge in [-0.25, -0.2) is 4.79 Å². The molecule has 0 aliphatic rings. The van der Waals surface area contributed by atoms with Gasteiger partial charge < -0.3 is 25.4 Å². The van der Waals surface area contributed by atoms with E-state index in [4.69, 9.17) is 9.47 Å². The lowest BCUT2D eigenvalue weighted by molar-refractivity contribution is 0.102. The van der Waals surface area contributed by atoms with E-state index in [1.807, 2.05) is 13.8 Å². The van der Waals surface area contributed by atoms with Crippen LogP contribution in [-0.4, -0.2) is 32.2 Å². The molecule has 26 heavy (non-hydrogen) atoms. The number of hydrogen-bond acceptors (Lipinski definition) is 4. The summed E-state index contributed by atoms with van der Waals surface area (Å²) in [6.45, 7) is 3.71. The molecule has 3 N–H and O–H groups in total. The van der Waals surface area contributed by atoms with Crippen LogP contribution in [0.15, 0.2) is 42.5 Å². The van der Waals surface area contributed by atoms with Crippen LogP contribution in [0.5, 0.6) is 11.5 Å². The maximum atomic E-state index is 12.6. The zero-order chi connectivity index (χ0) is 19.1. The van der Waals surface area contributed by atoms with Crippen LogP contribution in [-0.2, 0) is 0 Å². The third-order valence-corrected chi connectivity index (χ3v) is 3.48. The lowest BCUT2D eigenvalue weighted by Crippen LogP contribution is -2.34. The maximum absolute atomic E-state index is 12.6. The summed E-state index contributed by atoms with van der Waals surface area (Å²) in [4.78, 5) is 24.6. The molecular weight excluding hydrogens is 334 g/mol. The van der Waals surface area contributed by atoms with E-state index in [1.54, 1.807) is 49.6 Å². The Hall–Kier alpha value is -3.22. The molecule has 0 atom stereocenters. The molecule has 2 aromatic rings. The summed E-state index contributed by atoms with van der Waals surface area (Å²) in [6, 6.07) is 11.5. The lowest BCUT2D eigenvalue weighted by atomic mass is 10.1. The van der Waals surface area contributed by atoms with Gasteiger partial charge in [-0.1, -0.05) is 12.1 Å². The summed E-state index contributed by atoms with van der Waals surface area (Å²) < 4.78 is 10.4. The number of amides is 3. The largest absolute Gasteiger partial charge is 0.493 e. The van der Waals surface area contributed by atoms with Crippen molar-refractivity contribution in [2.24, 2.45) is 0 Å². The topological polar surface area (TPSA) is 88.7 Å². The first-order valence-corrected chi connectivity index (χ1v) is 8.14. The van der Waals surface area contributed by atoms with Crippen molar-refractivity contribution in [2.75, 3.05) is 24.9 Å². The molecule has 7 heteroatoms. The number of methoxy groups -OCH3 is 2. The van der Waals surface area contributed by atoms with Crippen LogP contribution in [0, 0.1) is 0 Å². The summed E-state index contributed by atoms with van der Waals surface area (Å²) in [5, 5.41) is 8.21. The van der Waals surface area contributed by atoms with Crippen LogP contribution < -0.4 is 25.4 Å². The second-order valence-electron chi connectivity index (χ2n) is 5.82. The summed E-state index contributed by atoms with van der Waals surface area (Å²) in [7, 11) is 3.07.